The Morgan fingerprint density at radius 1 is 1.16 bits per heavy atom. The van der Waals surface area contributed by atoms with Gasteiger partial charge in [-0.25, -0.2) is 0 Å². The zero-order valence-electron chi connectivity index (χ0n) is 15.1. The number of hydrogen-bond acceptors (Lipinski definition) is 5. The van der Waals surface area contributed by atoms with Crippen molar-refractivity contribution < 1.29 is 14.6 Å². The maximum atomic E-state index is 12.0. The van der Waals surface area contributed by atoms with E-state index in [0.717, 1.165) is 28.2 Å². The normalized spacial score (nSPS) is 15.1. The van der Waals surface area contributed by atoms with Crippen molar-refractivity contribution in [1.29, 1.82) is 0 Å². The van der Waals surface area contributed by atoms with Gasteiger partial charge in [0.25, 0.3) is 5.56 Å². The molecule has 0 spiro atoms. The highest BCUT2D eigenvalue weighted by Gasteiger charge is 2.25. The first-order valence-corrected chi connectivity index (χ1v) is 8.26. The van der Waals surface area contributed by atoms with E-state index >= 15 is 0 Å². The van der Waals surface area contributed by atoms with Gasteiger partial charge in [-0.1, -0.05) is 0 Å². The quantitative estimate of drug-likeness (QED) is 0.892. The first-order valence-electron chi connectivity index (χ1n) is 8.26. The zero-order valence-corrected chi connectivity index (χ0v) is 15.1. The fraction of sp³-hybridized carbons (Fsp3) is 0.421. The van der Waals surface area contributed by atoms with Crippen molar-refractivity contribution >= 4 is 0 Å². The molecule has 0 radical (unpaired) electrons. The summed E-state index contributed by atoms with van der Waals surface area (Å²) in [4.78, 5) is 14.1. The van der Waals surface area contributed by atoms with Gasteiger partial charge in [-0.2, -0.15) is 0 Å². The molecule has 3 rings (SSSR count). The zero-order chi connectivity index (χ0) is 18.1. The lowest BCUT2D eigenvalue weighted by Gasteiger charge is -2.36. The van der Waals surface area contributed by atoms with E-state index in [-0.39, 0.29) is 11.7 Å². The van der Waals surface area contributed by atoms with Gasteiger partial charge in [-0.05, 0) is 25.1 Å². The van der Waals surface area contributed by atoms with Crippen molar-refractivity contribution in [1.82, 2.24) is 9.47 Å². The molecule has 1 aromatic carbocycles. The van der Waals surface area contributed by atoms with E-state index in [2.05, 4.69) is 4.90 Å². The van der Waals surface area contributed by atoms with Gasteiger partial charge in [0, 0.05) is 55.1 Å². The Labute approximate surface area is 147 Å². The first kappa shape index (κ1) is 17.5. The topological polar surface area (TPSA) is 63.9 Å². The van der Waals surface area contributed by atoms with Crippen LogP contribution in [0.25, 0.3) is 11.1 Å². The van der Waals surface area contributed by atoms with Gasteiger partial charge in [-0.15, -0.1) is 0 Å². The van der Waals surface area contributed by atoms with Crippen LogP contribution in [0.15, 0.2) is 29.2 Å². The molecule has 6 heteroatoms. The third-order valence-electron chi connectivity index (χ3n) is 4.61. The number of β-amino-alcohol motifs (C(OH)–C–C–N with tert-alkyl or cyclic N) is 1. The molecule has 0 amide bonds. The summed E-state index contributed by atoms with van der Waals surface area (Å²) in [5, 5.41) is 9.47. The highest BCUT2D eigenvalue weighted by atomic mass is 16.5. The number of aliphatic hydroxyl groups excluding tert-OH is 1. The molecule has 1 saturated heterocycles. The summed E-state index contributed by atoms with van der Waals surface area (Å²) in [6.45, 7) is 3.85. The summed E-state index contributed by atoms with van der Waals surface area (Å²) < 4.78 is 12.7. The lowest BCUT2D eigenvalue weighted by atomic mass is 10.0. The maximum Gasteiger partial charge on any atom is 0.253 e. The third kappa shape index (κ3) is 3.41. The highest BCUT2D eigenvalue weighted by molar-refractivity contribution is 5.73. The van der Waals surface area contributed by atoms with Crippen LogP contribution in [0.2, 0.25) is 0 Å². The Morgan fingerprint density at radius 2 is 1.84 bits per heavy atom. The lowest BCUT2D eigenvalue weighted by molar-refractivity contribution is -0.00323. The van der Waals surface area contributed by atoms with Crippen molar-refractivity contribution in [3.8, 4) is 22.6 Å². The smallest absolute Gasteiger partial charge is 0.253 e. The van der Waals surface area contributed by atoms with Crippen LogP contribution in [0.4, 0.5) is 0 Å². The fourth-order valence-corrected chi connectivity index (χ4v) is 3.25. The lowest BCUT2D eigenvalue weighted by Crippen LogP contribution is -2.49. The number of aliphatic hydroxyl groups is 1. The number of pyridine rings is 1. The molecular weight excluding hydrogens is 320 g/mol. The number of ether oxygens (including phenoxy) is 2. The summed E-state index contributed by atoms with van der Waals surface area (Å²) in [6.07, 6.45) is 1.57. The summed E-state index contributed by atoms with van der Waals surface area (Å²) in [6, 6.07) is 5.79. The number of benzene rings is 1. The molecule has 134 valence electrons. The standard InChI is InChI=1S/C19H24N2O4/c1-12-5-13(8-20(2)19(12)23)16-7-17(24-3)14(6-18(16)25-4)9-21-10-15(22)11-21/h5-8,15,22H,9-11H2,1-4H3. The maximum absolute atomic E-state index is 12.0. The van der Waals surface area contributed by atoms with Crippen LogP contribution in [-0.2, 0) is 13.6 Å². The van der Waals surface area contributed by atoms with Crippen molar-refractivity contribution in [3.05, 3.63) is 45.9 Å². The molecule has 1 aliphatic heterocycles. The van der Waals surface area contributed by atoms with Crippen LogP contribution in [-0.4, -0.2) is 48.0 Å². The van der Waals surface area contributed by atoms with Gasteiger partial charge >= 0.3 is 0 Å². The average Bonchev–Trinajstić information content (AvgIpc) is 2.57. The molecular formula is C19H24N2O4. The van der Waals surface area contributed by atoms with E-state index in [1.807, 2.05) is 18.2 Å². The molecule has 0 bridgehead atoms. The van der Waals surface area contributed by atoms with E-state index in [0.29, 0.717) is 25.2 Å². The van der Waals surface area contributed by atoms with Crippen LogP contribution in [0.3, 0.4) is 0 Å². The Hall–Kier alpha value is -2.31. The second kappa shape index (κ2) is 6.90. The second-order valence-electron chi connectivity index (χ2n) is 6.54. The molecule has 0 aliphatic carbocycles. The van der Waals surface area contributed by atoms with E-state index in [1.165, 1.54) is 0 Å². The Morgan fingerprint density at radius 3 is 2.40 bits per heavy atom. The van der Waals surface area contributed by atoms with Crippen molar-refractivity contribution in [3.63, 3.8) is 0 Å². The summed E-state index contributed by atoms with van der Waals surface area (Å²) >= 11 is 0. The van der Waals surface area contributed by atoms with E-state index < -0.39 is 0 Å². The van der Waals surface area contributed by atoms with E-state index in [9.17, 15) is 9.90 Å². The first-order chi connectivity index (χ1) is 11.9. The van der Waals surface area contributed by atoms with Crippen LogP contribution in [0.1, 0.15) is 11.1 Å². The van der Waals surface area contributed by atoms with Crippen molar-refractivity contribution in [2.24, 2.45) is 7.05 Å². The van der Waals surface area contributed by atoms with Gasteiger partial charge in [0.1, 0.15) is 11.5 Å². The van der Waals surface area contributed by atoms with Crippen LogP contribution in [0.5, 0.6) is 11.5 Å². The molecule has 6 nitrogen and oxygen atoms in total. The van der Waals surface area contributed by atoms with E-state index in [1.54, 1.807) is 39.0 Å². The molecule has 0 unspecified atom stereocenters. The predicted octanol–water partition coefficient (Wildman–Crippen LogP) is 1.55. The number of methoxy groups -OCH3 is 2. The van der Waals surface area contributed by atoms with Gasteiger partial charge < -0.3 is 19.1 Å². The molecule has 1 aromatic heterocycles. The van der Waals surface area contributed by atoms with Crippen LogP contribution < -0.4 is 15.0 Å². The summed E-state index contributed by atoms with van der Waals surface area (Å²) in [7, 11) is 5.02. The Kier molecular flexibility index (Phi) is 4.83. The molecule has 1 fully saturated rings. The molecule has 25 heavy (non-hydrogen) atoms. The minimum absolute atomic E-state index is 0.0114. The minimum atomic E-state index is -0.235. The number of aryl methyl sites for hydroxylation is 2. The summed E-state index contributed by atoms with van der Waals surface area (Å²) in [5.74, 6) is 1.50. The Bertz CT molecular complexity index is 812. The monoisotopic (exact) mass is 344 g/mol. The molecule has 1 N–H and O–H groups in total. The largest absolute Gasteiger partial charge is 0.496 e. The van der Waals surface area contributed by atoms with Gasteiger partial charge in [0.15, 0.2) is 0 Å². The number of nitrogens with zero attached hydrogens (tertiary/aromatic N) is 2. The Balaban J connectivity index is 2.03. The predicted molar refractivity (Wildman–Crippen MR) is 96.2 cm³/mol. The molecule has 0 atom stereocenters. The van der Waals surface area contributed by atoms with Gasteiger partial charge in [0.2, 0.25) is 0 Å². The van der Waals surface area contributed by atoms with Crippen molar-refractivity contribution in [2.75, 3.05) is 27.3 Å². The van der Waals surface area contributed by atoms with Crippen LogP contribution in [0, 0.1) is 6.92 Å². The SMILES string of the molecule is COc1cc(-c2cc(C)c(=O)n(C)c2)c(OC)cc1CN1CC(O)C1. The number of aromatic nitrogens is 1. The highest BCUT2D eigenvalue weighted by Crippen LogP contribution is 2.37. The molecule has 2 aromatic rings. The molecule has 1 aliphatic rings. The fourth-order valence-electron chi connectivity index (χ4n) is 3.25. The number of hydrogen-bond donors (Lipinski definition) is 1. The van der Waals surface area contributed by atoms with Gasteiger partial charge in [0.05, 0.1) is 20.3 Å². The number of rotatable bonds is 5. The second-order valence-corrected chi connectivity index (χ2v) is 6.54. The molecule has 0 saturated carbocycles. The number of likely N-dealkylation sites (tertiary alicyclic amines) is 1. The van der Waals surface area contributed by atoms with Crippen molar-refractivity contribution in [2.45, 2.75) is 19.6 Å². The van der Waals surface area contributed by atoms with Gasteiger partial charge in [-0.3, -0.25) is 9.69 Å². The van der Waals surface area contributed by atoms with Crippen LogP contribution >= 0.6 is 0 Å². The average molecular weight is 344 g/mol. The summed E-state index contributed by atoms with van der Waals surface area (Å²) in [5.41, 5.74) is 3.46. The van der Waals surface area contributed by atoms with E-state index in [4.69, 9.17) is 9.47 Å². The third-order valence-corrected chi connectivity index (χ3v) is 4.61. The molecule has 2 heterocycles. The minimum Gasteiger partial charge on any atom is -0.496 e.